The summed E-state index contributed by atoms with van der Waals surface area (Å²) in [7, 11) is 0. The monoisotopic (exact) mass is 457 g/mol. The molecule has 33 heavy (non-hydrogen) atoms. The van der Waals surface area contributed by atoms with E-state index in [1.54, 1.807) is 15.6 Å². The van der Waals surface area contributed by atoms with Gasteiger partial charge in [0.25, 0.3) is 0 Å². The molecule has 5 rings (SSSR count). The van der Waals surface area contributed by atoms with E-state index >= 15 is 0 Å². The number of carbonyl (C=O) groups is 1. The molecule has 10 heteroatoms. The molecule has 2 aliphatic heterocycles. The number of carbonyl (C=O) groups excluding carboxylic acids is 1. The minimum atomic E-state index is -0.559. The highest BCUT2D eigenvalue weighted by Crippen LogP contribution is 2.34. The summed E-state index contributed by atoms with van der Waals surface area (Å²) in [5.74, 6) is 0.918. The Morgan fingerprint density at radius 2 is 1.97 bits per heavy atom. The van der Waals surface area contributed by atoms with Gasteiger partial charge in [0.05, 0.1) is 16.6 Å². The topological polar surface area (TPSA) is 95.5 Å². The molecule has 0 atom stereocenters. The van der Waals surface area contributed by atoms with Crippen LogP contribution in [0.25, 0.3) is 10.9 Å². The Hall–Kier alpha value is -3.01. The molecule has 0 aliphatic carbocycles. The highest BCUT2D eigenvalue weighted by atomic mass is 19.1. The Morgan fingerprint density at radius 3 is 2.70 bits per heavy atom. The highest BCUT2D eigenvalue weighted by molar-refractivity contribution is 5.84. The van der Waals surface area contributed by atoms with E-state index in [1.165, 1.54) is 6.07 Å². The van der Waals surface area contributed by atoms with Crippen molar-refractivity contribution in [3.8, 4) is 0 Å². The lowest BCUT2D eigenvalue weighted by Crippen LogP contribution is -2.50. The van der Waals surface area contributed by atoms with Crippen molar-refractivity contribution in [3.05, 3.63) is 41.4 Å². The normalized spacial score (nSPS) is 18.0. The fourth-order valence-electron chi connectivity index (χ4n) is 4.32. The second kappa shape index (κ2) is 8.40. The number of amides is 1. The number of nitrogens with zero attached hydrogens (tertiary/aromatic N) is 5. The van der Waals surface area contributed by atoms with E-state index in [9.17, 15) is 9.18 Å². The largest absolute Gasteiger partial charge is 0.444 e. The van der Waals surface area contributed by atoms with Crippen LogP contribution in [0.1, 0.15) is 62.9 Å². The van der Waals surface area contributed by atoms with Crippen LogP contribution in [0.2, 0.25) is 0 Å². The first-order chi connectivity index (χ1) is 15.8. The maximum atomic E-state index is 14.8. The first-order valence-corrected chi connectivity index (χ1v) is 11.3. The Morgan fingerprint density at radius 1 is 1.21 bits per heavy atom. The number of likely N-dealkylation sites (tertiary alicyclic amines) is 1. The average Bonchev–Trinajstić information content (AvgIpc) is 3.33. The molecule has 2 aliphatic rings. The van der Waals surface area contributed by atoms with Crippen LogP contribution in [0, 0.1) is 5.82 Å². The Bertz CT molecular complexity index is 1160. The van der Waals surface area contributed by atoms with Gasteiger partial charge >= 0.3 is 6.09 Å². The molecule has 1 amide bonds. The quantitative estimate of drug-likeness (QED) is 0.587. The molecule has 2 aromatic heterocycles. The number of benzene rings is 1. The zero-order chi connectivity index (χ0) is 23.2. The Kier molecular flexibility index (Phi) is 5.55. The lowest BCUT2D eigenvalue weighted by molar-refractivity contribution is 0.00792. The molecule has 1 aromatic carbocycles. The maximum Gasteiger partial charge on any atom is 0.410 e. The summed E-state index contributed by atoms with van der Waals surface area (Å²) in [5, 5.41) is 9.31. The molecular weight excluding hydrogens is 429 g/mol. The van der Waals surface area contributed by atoms with Crippen molar-refractivity contribution < 1.29 is 23.2 Å². The second-order valence-electron chi connectivity index (χ2n) is 9.69. The minimum absolute atomic E-state index is 0.0683. The number of aromatic nitrogens is 4. The van der Waals surface area contributed by atoms with Gasteiger partial charge < -0.3 is 18.9 Å². The second-order valence-corrected chi connectivity index (χ2v) is 9.69. The van der Waals surface area contributed by atoms with Crippen molar-refractivity contribution in [2.75, 3.05) is 26.3 Å². The van der Waals surface area contributed by atoms with Crippen molar-refractivity contribution in [2.45, 2.75) is 57.6 Å². The van der Waals surface area contributed by atoms with E-state index in [-0.39, 0.29) is 30.3 Å². The molecule has 2 fully saturated rings. The van der Waals surface area contributed by atoms with Crippen LogP contribution in [-0.2, 0) is 16.0 Å². The molecule has 0 saturated carbocycles. The van der Waals surface area contributed by atoms with Crippen LogP contribution in [0.4, 0.5) is 9.18 Å². The summed E-state index contributed by atoms with van der Waals surface area (Å²) in [6, 6.07) is 4.93. The molecule has 2 saturated heterocycles. The fourth-order valence-corrected chi connectivity index (χ4v) is 4.32. The maximum absolute atomic E-state index is 14.8. The molecule has 0 spiro atoms. The van der Waals surface area contributed by atoms with Gasteiger partial charge in [-0.1, -0.05) is 11.2 Å². The summed E-state index contributed by atoms with van der Waals surface area (Å²) in [6.45, 7) is 8.02. The lowest BCUT2D eigenvalue weighted by atomic mass is 9.94. The van der Waals surface area contributed by atoms with E-state index in [0.717, 1.165) is 12.8 Å². The number of hydrogen-bond acceptors (Lipinski definition) is 7. The number of ether oxygens (including phenoxy) is 2. The van der Waals surface area contributed by atoms with Crippen LogP contribution in [-0.4, -0.2) is 62.8 Å². The minimum Gasteiger partial charge on any atom is -0.444 e. The van der Waals surface area contributed by atoms with Crippen molar-refractivity contribution in [1.82, 2.24) is 24.8 Å². The summed E-state index contributed by atoms with van der Waals surface area (Å²) in [6.07, 6.45) is 1.35. The van der Waals surface area contributed by atoms with Crippen molar-refractivity contribution >= 4 is 17.0 Å². The van der Waals surface area contributed by atoms with Crippen LogP contribution < -0.4 is 0 Å². The fraction of sp³-hybridized carbons (Fsp3) is 0.565. The first kappa shape index (κ1) is 21.8. The average molecular weight is 458 g/mol. The summed E-state index contributed by atoms with van der Waals surface area (Å²) in [5.41, 5.74) is 0.741. The zero-order valence-corrected chi connectivity index (χ0v) is 19.1. The van der Waals surface area contributed by atoms with Gasteiger partial charge in [-0.25, -0.2) is 9.18 Å². The van der Waals surface area contributed by atoms with Crippen LogP contribution in [0.3, 0.4) is 0 Å². The van der Waals surface area contributed by atoms with E-state index in [1.807, 2.05) is 26.8 Å². The van der Waals surface area contributed by atoms with Crippen molar-refractivity contribution in [2.24, 2.45) is 0 Å². The molecule has 0 bridgehead atoms. The molecule has 0 unspecified atom stereocenters. The van der Waals surface area contributed by atoms with Gasteiger partial charge in [0.1, 0.15) is 18.0 Å². The number of rotatable bonds is 4. The van der Waals surface area contributed by atoms with Crippen LogP contribution in [0.15, 0.2) is 22.7 Å². The van der Waals surface area contributed by atoms with Gasteiger partial charge in [-0.2, -0.15) is 10.1 Å². The van der Waals surface area contributed by atoms with Crippen molar-refractivity contribution in [1.29, 1.82) is 0 Å². The standard InChI is InChI=1S/C23H28FN5O4/c1-23(2,3)32-22(30)28-11-15(12-28)20-19-16(24)5-4-6-17(19)29(26-20)13-18-25-21(33-27-18)14-7-9-31-10-8-14/h4-6,14-15H,7-13H2,1-3H3. The molecule has 0 radical (unpaired) electrons. The molecular formula is C23H28FN5O4. The van der Waals surface area contributed by atoms with Crippen LogP contribution in [0.5, 0.6) is 0 Å². The lowest BCUT2D eigenvalue weighted by Gasteiger charge is -2.39. The smallest absolute Gasteiger partial charge is 0.410 e. The summed E-state index contributed by atoms with van der Waals surface area (Å²) in [4.78, 5) is 18.5. The SMILES string of the molecule is CC(C)(C)OC(=O)N1CC(c2nn(Cc3noc(C4CCOCC4)n3)c3cccc(F)c23)C1. The molecule has 0 N–H and O–H groups in total. The molecule has 176 valence electrons. The van der Waals surface area contributed by atoms with Gasteiger partial charge in [0.2, 0.25) is 5.89 Å². The summed E-state index contributed by atoms with van der Waals surface area (Å²) >= 11 is 0. The predicted molar refractivity (Wildman–Crippen MR) is 116 cm³/mol. The van der Waals surface area contributed by atoms with Crippen molar-refractivity contribution in [3.63, 3.8) is 0 Å². The van der Waals surface area contributed by atoms with E-state index in [0.29, 0.717) is 54.6 Å². The van der Waals surface area contributed by atoms with E-state index < -0.39 is 5.60 Å². The van der Waals surface area contributed by atoms with E-state index in [2.05, 4.69) is 10.1 Å². The number of fused-ring (bicyclic) bond motifs is 1. The molecule has 4 heterocycles. The highest BCUT2D eigenvalue weighted by Gasteiger charge is 2.37. The van der Waals surface area contributed by atoms with Gasteiger partial charge in [-0.3, -0.25) is 4.68 Å². The predicted octanol–water partition coefficient (Wildman–Crippen LogP) is 3.84. The first-order valence-electron chi connectivity index (χ1n) is 11.3. The third kappa shape index (κ3) is 4.44. The van der Waals surface area contributed by atoms with Gasteiger partial charge in [-0.05, 0) is 45.7 Å². The van der Waals surface area contributed by atoms with E-state index in [4.69, 9.17) is 19.1 Å². The Labute approximate surface area is 190 Å². The summed E-state index contributed by atoms with van der Waals surface area (Å²) < 4.78 is 32.8. The number of hydrogen-bond donors (Lipinski definition) is 0. The third-order valence-electron chi connectivity index (χ3n) is 6.02. The molecule has 9 nitrogen and oxygen atoms in total. The van der Waals surface area contributed by atoms with Gasteiger partial charge in [0, 0.05) is 38.1 Å². The Balaban J connectivity index is 1.36. The third-order valence-corrected chi connectivity index (χ3v) is 6.02. The zero-order valence-electron chi connectivity index (χ0n) is 19.1. The van der Waals surface area contributed by atoms with Crippen LogP contribution >= 0.6 is 0 Å². The molecule has 3 aromatic rings. The van der Waals surface area contributed by atoms with Gasteiger partial charge in [0.15, 0.2) is 5.82 Å². The number of halogens is 1. The van der Waals surface area contributed by atoms with Gasteiger partial charge in [-0.15, -0.1) is 0 Å².